The molecule has 1 N–H and O–H groups in total. The smallest absolute Gasteiger partial charge is 0.382 e. The van der Waals surface area contributed by atoms with E-state index in [4.69, 9.17) is 4.74 Å². The monoisotopic (exact) mass is 629 g/mol. The van der Waals surface area contributed by atoms with Gasteiger partial charge in [0.05, 0.1) is 24.3 Å². The third kappa shape index (κ3) is 7.88. The van der Waals surface area contributed by atoms with Crippen LogP contribution in [0.25, 0.3) is 6.08 Å². The van der Waals surface area contributed by atoms with Gasteiger partial charge in [-0.2, -0.15) is 26.3 Å². The lowest BCUT2D eigenvalue weighted by Crippen LogP contribution is -2.61. The first-order valence-corrected chi connectivity index (χ1v) is 14.8. The van der Waals surface area contributed by atoms with E-state index >= 15 is 0 Å². The van der Waals surface area contributed by atoms with Gasteiger partial charge in [-0.05, 0) is 83.5 Å². The Morgan fingerprint density at radius 3 is 2.14 bits per heavy atom. The summed E-state index contributed by atoms with van der Waals surface area (Å²) in [5, 5.41) is 3.49. The lowest BCUT2D eigenvalue weighted by atomic mass is 9.77. The first-order chi connectivity index (χ1) is 19.9. The summed E-state index contributed by atoms with van der Waals surface area (Å²) in [6, 6.07) is 8.80. The maximum absolute atomic E-state index is 14.3. The molecule has 0 aliphatic carbocycles. The number of likely N-dealkylation sites (tertiary alicyclic amines) is 1. The van der Waals surface area contributed by atoms with Crippen LogP contribution in [0, 0.1) is 0 Å². The highest BCUT2D eigenvalue weighted by atomic mass is 32.2. The summed E-state index contributed by atoms with van der Waals surface area (Å²) < 4.78 is 90.9. The van der Waals surface area contributed by atoms with Crippen molar-refractivity contribution in [3.8, 4) is 0 Å². The molecule has 0 saturated carbocycles. The van der Waals surface area contributed by atoms with Crippen LogP contribution in [0.2, 0.25) is 0 Å². The van der Waals surface area contributed by atoms with Crippen LogP contribution in [-0.4, -0.2) is 66.2 Å². The predicted molar refractivity (Wildman–Crippen MR) is 156 cm³/mol. The Bertz CT molecular complexity index is 1330. The highest BCUT2D eigenvalue weighted by Crippen LogP contribution is 2.48. The average molecular weight is 630 g/mol. The topological polar surface area (TPSA) is 44.8 Å². The molecule has 2 aromatic rings. The number of halogens is 6. The molecule has 236 valence electrons. The summed E-state index contributed by atoms with van der Waals surface area (Å²) in [7, 11) is 2.09. The number of rotatable bonds is 6. The van der Waals surface area contributed by atoms with Crippen molar-refractivity contribution in [1.29, 1.82) is 0 Å². The van der Waals surface area contributed by atoms with E-state index in [9.17, 15) is 31.1 Å². The predicted octanol–water partition coefficient (Wildman–Crippen LogP) is 7.81. The number of alkyl halides is 6. The maximum Gasteiger partial charge on any atom is 0.418 e. The molecule has 0 spiro atoms. The van der Waals surface area contributed by atoms with Crippen LogP contribution in [0.1, 0.15) is 57.2 Å². The minimum Gasteiger partial charge on any atom is -0.382 e. The standard InChI is InChI=1S/C31H37F6N3O2S/c1-28(2)18-22(19-29(3,4)39(28)5)38-21-7-6-8-23(17-21)43-24-11-9-20(10-12-25(41)40-13-15-42-16-14-40)26(30(32,33)34)27(24)31(35,36)37/h6-12,17,22,38H,13-16,18-19H2,1-5H3. The van der Waals surface area contributed by atoms with Crippen molar-refractivity contribution < 1.29 is 35.9 Å². The lowest BCUT2D eigenvalue weighted by Gasteiger charge is -2.54. The second kappa shape index (κ2) is 12.4. The molecule has 2 aromatic carbocycles. The molecule has 2 fully saturated rings. The molecule has 43 heavy (non-hydrogen) atoms. The van der Waals surface area contributed by atoms with Gasteiger partial charge in [0.15, 0.2) is 0 Å². The molecule has 2 saturated heterocycles. The third-order valence-corrected chi connectivity index (χ3v) is 9.28. The van der Waals surface area contributed by atoms with Crippen molar-refractivity contribution >= 4 is 29.4 Å². The van der Waals surface area contributed by atoms with Crippen molar-refractivity contribution in [1.82, 2.24) is 9.80 Å². The quantitative estimate of drug-likeness (QED) is 0.261. The van der Waals surface area contributed by atoms with Crippen LogP contribution in [0.5, 0.6) is 0 Å². The molecule has 4 rings (SSSR count). The number of amides is 1. The molecule has 2 aliphatic heterocycles. The molecule has 2 aliphatic rings. The Balaban J connectivity index is 1.64. The normalized spacial score (nSPS) is 20.0. The lowest BCUT2D eigenvalue weighted by molar-refractivity contribution is -0.163. The van der Waals surface area contributed by atoms with E-state index in [1.54, 1.807) is 24.3 Å². The van der Waals surface area contributed by atoms with Gasteiger partial charge in [0.2, 0.25) is 5.91 Å². The van der Waals surface area contributed by atoms with Gasteiger partial charge < -0.3 is 15.0 Å². The zero-order chi connectivity index (χ0) is 31.8. The largest absolute Gasteiger partial charge is 0.418 e. The number of anilines is 1. The van der Waals surface area contributed by atoms with Crippen LogP contribution in [0.15, 0.2) is 52.3 Å². The van der Waals surface area contributed by atoms with Gasteiger partial charge in [0.25, 0.3) is 0 Å². The summed E-state index contributed by atoms with van der Waals surface area (Å²) >= 11 is 0.622. The first-order valence-electron chi connectivity index (χ1n) is 14.0. The van der Waals surface area contributed by atoms with Crippen molar-refractivity contribution in [2.45, 2.75) is 79.8 Å². The van der Waals surface area contributed by atoms with E-state index < -0.39 is 39.8 Å². The second-order valence-electron chi connectivity index (χ2n) is 12.2. The average Bonchev–Trinajstić information content (AvgIpc) is 2.89. The Hall–Kier alpha value is -2.70. The van der Waals surface area contributed by atoms with Crippen LogP contribution < -0.4 is 5.32 Å². The highest BCUT2D eigenvalue weighted by molar-refractivity contribution is 7.99. The van der Waals surface area contributed by atoms with Gasteiger partial charge in [-0.15, -0.1) is 0 Å². The number of benzene rings is 2. The Labute approximate surface area is 252 Å². The Kier molecular flexibility index (Phi) is 9.54. The Morgan fingerprint density at radius 2 is 1.56 bits per heavy atom. The van der Waals surface area contributed by atoms with E-state index in [2.05, 4.69) is 45.0 Å². The van der Waals surface area contributed by atoms with Gasteiger partial charge in [0.1, 0.15) is 0 Å². The van der Waals surface area contributed by atoms with E-state index in [1.807, 2.05) is 0 Å². The van der Waals surface area contributed by atoms with Gasteiger partial charge in [-0.25, -0.2) is 0 Å². The summed E-state index contributed by atoms with van der Waals surface area (Å²) in [6.07, 6.45) is -7.27. The number of carbonyl (C=O) groups excluding carboxylic acids is 1. The van der Waals surface area contributed by atoms with Gasteiger partial charge >= 0.3 is 12.4 Å². The number of hydrogen-bond acceptors (Lipinski definition) is 5. The molecule has 1 amide bonds. The SMILES string of the molecule is CN1C(C)(C)CC(Nc2cccc(Sc3ccc(C=CC(=O)N4CCOCC4)c(C(F)(F)F)c3C(F)(F)F)c2)CC1(C)C. The van der Waals surface area contributed by atoms with Crippen molar-refractivity contribution in [3.05, 3.63) is 59.2 Å². The molecule has 0 atom stereocenters. The zero-order valence-electron chi connectivity index (χ0n) is 24.8. The Morgan fingerprint density at radius 1 is 0.953 bits per heavy atom. The fraction of sp³-hybridized carbons (Fsp3) is 0.516. The minimum atomic E-state index is -5.32. The summed E-state index contributed by atoms with van der Waals surface area (Å²) in [5.74, 6) is -0.593. The number of nitrogens with one attached hydrogen (secondary N) is 1. The maximum atomic E-state index is 14.3. The number of carbonyl (C=O) groups is 1. The molecular formula is C31H37F6N3O2S. The van der Waals surface area contributed by atoms with E-state index in [0.29, 0.717) is 22.3 Å². The van der Waals surface area contributed by atoms with Crippen LogP contribution in [0.3, 0.4) is 0 Å². The number of nitrogens with zero attached hydrogens (tertiary/aromatic N) is 2. The number of ether oxygens (including phenoxy) is 1. The summed E-state index contributed by atoms with van der Waals surface area (Å²) in [4.78, 5) is 15.9. The van der Waals surface area contributed by atoms with Crippen LogP contribution in [-0.2, 0) is 21.9 Å². The van der Waals surface area contributed by atoms with Crippen LogP contribution >= 0.6 is 11.8 Å². The number of piperidine rings is 1. The van der Waals surface area contributed by atoms with Gasteiger partial charge in [-0.1, -0.05) is 23.9 Å². The third-order valence-electron chi connectivity index (χ3n) is 8.24. The molecule has 2 heterocycles. The fourth-order valence-corrected chi connectivity index (χ4v) is 6.99. The number of morpholine rings is 1. The van der Waals surface area contributed by atoms with Crippen molar-refractivity contribution in [3.63, 3.8) is 0 Å². The fourth-order valence-electron chi connectivity index (χ4n) is 5.95. The van der Waals surface area contributed by atoms with Crippen molar-refractivity contribution in [2.24, 2.45) is 0 Å². The van der Waals surface area contributed by atoms with Crippen molar-refractivity contribution in [2.75, 3.05) is 38.7 Å². The first kappa shape index (κ1) is 33.2. The molecule has 0 bridgehead atoms. The van der Waals surface area contributed by atoms with Gasteiger partial charge in [-0.3, -0.25) is 9.69 Å². The minimum absolute atomic E-state index is 0.0928. The highest BCUT2D eigenvalue weighted by Gasteiger charge is 2.47. The molecule has 0 radical (unpaired) electrons. The van der Waals surface area contributed by atoms with E-state index in [0.717, 1.165) is 37.1 Å². The second-order valence-corrected chi connectivity index (χ2v) is 13.3. The summed E-state index contributed by atoms with van der Waals surface area (Å²) in [5.41, 5.74) is -3.83. The molecule has 5 nitrogen and oxygen atoms in total. The van der Waals surface area contributed by atoms with Gasteiger partial charge in [0, 0.05) is 51.8 Å². The van der Waals surface area contributed by atoms with Crippen LogP contribution in [0.4, 0.5) is 32.0 Å². The van der Waals surface area contributed by atoms with E-state index in [1.165, 1.54) is 4.90 Å². The summed E-state index contributed by atoms with van der Waals surface area (Å²) in [6.45, 7) is 9.68. The molecule has 0 unspecified atom stereocenters. The zero-order valence-corrected chi connectivity index (χ0v) is 25.6. The number of hydrogen-bond donors (Lipinski definition) is 1. The molecule has 0 aromatic heterocycles. The molecule has 12 heteroatoms. The van der Waals surface area contributed by atoms with E-state index in [-0.39, 0.29) is 43.4 Å². The molecular weight excluding hydrogens is 592 g/mol.